The highest BCUT2D eigenvalue weighted by molar-refractivity contribution is 8.26. The van der Waals surface area contributed by atoms with Crippen LogP contribution >= 0.6 is 47.2 Å². The maximum atomic E-state index is 12.6. The molecule has 1 fully saturated rings. The number of amides is 1. The van der Waals surface area contributed by atoms with Crippen molar-refractivity contribution in [3.05, 3.63) is 63.0 Å². The third kappa shape index (κ3) is 5.14. The summed E-state index contributed by atoms with van der Waals surface area (Å²) in [7, 11) is 0. The molecule has 0 radical (unpaired) electrons. The number of aliphatic carboxylic acids is 1. The van der Waals surface area contributed by atoms with Crippen LogP contribution in [0.3, 0.4) is 0 Å². The summed E-state index contributed by atoms with van der Waals surface area (Å²) in [5.74, 6) is -1.09. The average Bonchev–Trinajstić information content (AvgIpc) is 2.88. The van der Waals surface area contributed by atoms with E-state index in [0.29, 0.717) is 32.2 Å². The molecule has 0 atom stereocenters. The number of thiocarbonyl (C=S) groups is 1. The first kappa shape index (κ1) is 20.9. The van der Waals surface area contributed by atoms with Crippen LogP contribution in [0.1, 0.15) is 18.4 Å². The van der Waals surface area contributed by atoms with Crippen LogP contribution in [0.4, 0.5) is 0 Å². The van der Waals surface area contributed by atoms with E-state index in [1.807, 2.05) is 36.4 Å². The lowest BCUT2D eigenvalue weighted by Crippen LogP contribution is -2.29. The molecule has 8 heteroatoms. The molecule has 1 aliphatic rings. The largest absolute Gasteiger partial charge is 0.481 e. The first-order valence-electron chi connectivity index (χ1n) is 8.37. The molecule has 144 valence electrons. The summed E-state index contributed by atoms with van der Waals surface area (Å²) < 4.78 is 0.444. The van der Waals surface area contributed by atoms with Gasteiger partial charge >= 0.3 is 5.97 Å². The molecule has 0 unspecified atom stereocenters. The second kappa shape index (κ2) is 9.09. The SMILES string of the molecule is O=C(O)CCCN1C(=O)/C(=C/c2cccc(-c3cc(Cl)cc(Cl)c3)c2)SC1=S. The van der Waals surface area contributed by atoms with E-state index < -0.39 is 5.97 Å². The Bertz CT molecular complexity index is 971. The van der Waals surface area contributed by atoms with Crippen LogP contribution in [0.2, 0.25) is 10.0 Å². The standard InChI is InChI=1S/C20H15Cl2NO3S2/c21-15-9-14(10-16(22)11-15)13-4-1-3-12(7-13)8-17-19(26)23(20(27)28-17)6-2-5-18(24)25/h1,3-4,7-11H,2,5-6H2,(H,24,25)/b17-8-. The maximum Gasteiger partial charge on any atom is 0.303 e. The lowest BCUT2D eigenvalue weighted by molar-refractivity contribution is -0.137. The molecule has 1 aliphatic heterocycles. The fraction of sp³-hybridized carbons (Fsp3) is 0.150. The number of benzene rings is 2. The van der Waals surface area contributed by atoms with Gasteiger partial charge in [-0.1, -0.05) is 65.4 Å². The van der Waals surface area contributed by atoms with E-state index in [0.717, 1.165) is 16.7 Å². The van der Waals surface area contributed by atoms with E-state index in [9.17, 15) is 9.59 Å². The number of hydrogen-bond donors (Lipinski definition) is 1. The molecule has 0 spiro atoms. The molecule has 0 saturated carbocycles. The lowest BCUT2D eigenvalue weighted by atomic mass is 10.0. The second-order valence-electron chi connectivity index (χ2n) is 6.11. The van der Waals surface area contributed by atoms with Crippen molar-refractivity contribution in [2.24, 2.45) is 0 Å². The minimum absolute atomic E-state index is 0.000345. The number of halogens is 2. The molecule has 1 amide bonds. The van der Waals surface area contributed by atoms with Gasteiger partial charge in [0.15, 0.2) is 0 Å². The molecule has 1 heterocycles. The van der Waals surface area contributed by atoms with Crippen molar-refractivity contribution in [3.8, 4) is 11.1 Å². The highest BCUT2D eigenvalue weighted by Crippen LogP contribution is 2.34. The Labute approximate surface area is 182 Å². The lowest BCUT2D eigenvalue weighted by Gasteiger charge is -2.13. The van der Waals surface area contributed by atoms with Crippen LogP contribution < -0.4 is 0 Å². The Morgan fingerprint density at radius 2 is 1.86 bits per heavy atom. The number of hydrogen-bond acceptors (Lipinski definition) is 4. The predicted molar refractivity (Wildman–Crippen MR) is 119 cm³/mol. The Hall–Kier alpha value is -1.86. The van der Waals surface area contributed by atoms with Crippen molar-refractivity contribution in [2.75, 3.05) is 6.54 Å². The first-order chi connectivity index (χ1) is 13.3. The van der Waals surface area contributed by atoms with Crippen molar-refractivity contribution >= 4 is 69.5 Å². The fourth-order valence-electron chi connectivity index (χ4n) is 2.76. The summed E-state index contributed by atoms with van der Waals surface area (Å²) in [5, 5.41) is 9.85. The van der Waals surface area contributed by atoms with Crippen molar-refractivity contribution in [3.63, 3.8) is 0 Å². The number of rotatable bonds is 6. The van der Waals surface area contributed by atoms with Crippen molar-refractivity contribution in [2.45, 2.75) is 12.8 Å². The number of nitrogens with zero attached hydrogens (tertiary/aromatic N) is 1. The minimum atomic E-state index is -0.890. The first-order valence-corrected chi connectivity index (χ1v) is 10.4. The maximum absolute atomic E-state index is 12.6. The molecular weight excluding hydrogens is 437 g/mol. The van der Waals surface area contributed by atoms with Gasteiger partial charge in [-0.3, -0.25) is 14.5 Å². The number of carbonyl (C=O) groups excluding carboxylic acids is 1. The minimum Gasteiger partial charge on any atom is -0.481 e. The highest BCUT2D eigenvalue weighted by Gasteiger charge is 2.31. The Balaban J connectivity index is 1.81. The summed E-state index contributed by atoms with van der Waals surface area (Å²) in [5.41, 5.74) is 2.66. The van der Waals surface area contributed by atoms with Crippen LogP contribution in [0.25, 0.3) is 17.2 Å². The van der Waals surface area contributed by atoms with E-state index in [1.54, 1.807) is 12.1 Å². The van der Waals surface area contributed by atoms with Crippen molar-refractivity contribution in [1.82, 2.24) is 4.90 Å². The molecule has 28 heavy (non-hydrogen) atoms. The third-order valence-electron chi connectivity index (χ3n) is 4.03. The molecule has 2 aromatic rings. The van der Waals surface area contributed by atoms with Crippen LogP contribution in [-0.2, 0) is 9.59 Å². The van der Waals surface area contributed by atoms with Gasteiger partial charge in [-0.15, -0.1) is 0 Å². The van der Waals surface area contributed by atoms with E-state index in [-0.39, 0.29) is 12.3 Å². The van der Waals surface area contributed by atoms with Crippen molar-refractivity contribution < 1.29 is 14.7 Å². The van der Waals surface area contributed by atoms with Gasteiger partial charge in [-0.2, -0.15) is 0 Å². The monoisotopic (exact) mass is 451 g/mol. The third-order valence-corrected chi connectivity index (χ3v) is 5.84. The quantitative estimate of drug-likeness (QED) is 0.448. The number of carbonyl (C=O) groups is 2. The Kier molecular flexibility index (Phi) is 6.78. The Morgan fingerprint density at radius 3 is 2.54 bits per heavy atom. The molecule has 0 bridgehead atoms. The molecule has 1 N–H and O–H groups in total. The molecule has 2 aromatic carbocycles. The smallest absolute Gasteiger partial charge is 0.303 e. The fourth-order valence-corrected chi connectivity index (χ4v) is 4.60. The summed E-state index contributed by atoms with van der Waals surface area (Å²) in [6.07, 6.45) is 2.15. The average molecular weight is 452 g/mol. The molecule has 0 aromatic heterocycles. The molecule has 0 aliphatic carbocycles. The summed E-state index contributed by atoms with van der Waals surface area (Å²) >= 11 is 18.7. The summed E-state index contributed by atoms with van der Waals surface area (Å²) in [4.78, 5) is 25.2. The van der Waals surface area contributed by atoms with Crippen LogP contribution in [0.5, 0.6) is 0 Å². The van der Waals surface area contributed by atoms with Crippen LogP contribution in [-0.4, -0.2) is 32.7 Å². The zero-order valence-electron chi connectivity index (χ0n) is 14.5. The van der Waals surface area contributed by atoms with Gasteiger partial charge in [-0.25, -0.2) is 0 Å². The van der Waals surface area contributed by atoms with Gasteiger partial charge < -0.3 is 5.11 Å². The summed E-state index contributed by atoms with van der Waals surface area (Å²) in [6, 6.07) is 13.0. The summed E-state index contributed by atoms with van der Waals surface area (Å²) in [6.45, 7) is 0.301. The molecule has 3 rings (SSSR count). The van der Waals surface area contributed by atoms with Gasteiger partial charge in [-0.05, 0) is 53.5 Å². The molecular formula is C20H15Cl2NO3S2. The number of thioether (sulfide) groups is 1. The topological polar surface area (TPSA) is 57.6 Å². The van der Waals surface area contributed by atoms with E-state index in [2.05, 4.69) is 0 Å². The predicted octanol–water partition coefficient (Wildman–Crippen LogP) is 5.73. The van der Waals surface area contributed by atoms with Crippen LogP contribution in [0, 0.1) is 0 Å². The number of carboxylic acids is 1. The zero-order chi connectivity index (χ0) is 20.3. The highest BCUT2D eigenvalue weighted by atomic mass is 35.5. The second-order valence-corrected chi connectivity index (χ2v) is 8.66. The van der Waals surface area contributed by atoms with Gasteiger partial charge in [0.1, 0.15) is 4.32 Å². The zero-order valence-corrected chi connectivity index (χ0v) is 17.7. The van der Waals surface area contributed by atoms with E-state index >= 15 is 0 Å². The molecule has 4 nitrogen and oxygen atoms in total. The number of carboxylic acid groups (broad SMARTS) is 1. The van der Waals surface area contributed by atoms with Gasteiger partial charge in [0, 0.05) is 23.0 Å². The normalized spacial score (nSPS) is 15.5. The van der Waals surface area contributed by atoms with Gasteiger partial charge in [0.2, 0.25) is 0 Å². The van der Waals surface area contributed by atoms with E-state index in [1.165, 1.54) is 16.7 Å². The van der Waals surface area contributed by atoms with Gasteiger partial charge in [0.25, 0.3) is 5.91 Å². The molecule has 1 saturated heterocycles. The van der Waals surface area contributed by atoms with E-state index in [4.69, 9.17) is 40.5 Å². The van der Waals surface area contributed by atoms with Crippen LogP contribution in [0.15, 0.2) is 47.4 Å². The van der Waals surface area contributed by atoms with Crippen molar-refractivity contribution in [1.29, 1.82) is 0 Å². The van der Waals surface area contributed by atoms with Gasteiger partial charge in [0.05, 0.1) is 4.91 Å². The Morgan fingerprint density at radius 1 is 1.14 bits per heavy atom.